The molecule has 2 nitrogen and oxygen atoms in total. The summed E-state index contributed by atoms with van der Waals surface area (Å²) in [6, 6.07) is 1.14. The van der Waals surface area contributed by atoms with Crippen molar-refractivity contribution in [1.82, 2.24) is 4.98 Å². The smallest absolute Gasteiger partial charge is 0.168 e. The summed E-state index contributed by atoms with van der Waals surface area (Å²) in [6.45, 7) is 2.18. The first-order chi connectivity index (χ1) is 8.19. The van der Waals surface area contributed by atoms with E-state index in [1.165, 1.54) is 12.8 Å². The van der Waals surface area contributed by atoms with E-state index < -0.39 is 11.6 Å². The van der Waals surface area contributed by atoms with Gasteiger partial charge in [-0.25, -0.2) is 13.8 Å². The average molecular weight is 240 g/mol. The summed E-state index contributed by atoms with van der Waals surface area (Å²) in [5.74, 6) is -0.357. The van der Waals surface area contributed by atoms with Gasteiger partial charge in [0.25, 0.3) is 0 Å². The molecule has 0 spiro atoms. The quantitative estimate of drug-likeness (QED) is 0.870. The van der Waals surface area contributed by atoms with Gasteiger partial charge in [0, 0.05) is 12.1 Å². The van der Waals surface area contributed by atoms with Crippen LogP contribution in [0.2, 0.25) is 0 Å². The van der Waals surface area contributed by atoms with Crippen molar-refractivity contribution in [2.45, 2.75) is 45.1 Å². The number of rotatable bonds is 3. The van der Waals surface area contributed by atoms with Crippen LogP contribution in [0.25, 0.3) is 0 Å². The molecule has 4 heteroatoms. The molecule has 0 aliphatic heterocycles. The molecule has 1 aliphatic rings. The topological polar surface area (TPSA) is 24.9 Å². The average Bonchev–Trinajstić information content (AvgIpc) is 2.33. The third-order valence-electron chi connectivity index (χ3n) is 3.51. The molecule has 1 aromatic heterocycles. The molecule has 0 radical (unpaired) electrons. The lowest BCUT2D eigenvalue weighted by atomic mass is 9.84. The van der Waals surface area contributed by atoms with Gasteiger partial charge in [-0.3, -0.25) is 0 Å². The molecule has 0 saturated heterocycles. The minimum Gasteiger partial charge on any atom is -0.365 e. The second kappa shape index (κ2) is 5.43. The van der Waals surface area contributed by atoms with Gasteiger partial charge in [-0.15, -0.1) is 0 Å². The lowest BCUT2D eigenvalue weighted by Crippen LogP contribution is -2.27. The van der Waals surface area contributed by atoms with E-state index in [0.29, 0.717) is 5.92 Å². The van der Waals surface area contributed by atoms with Crippen LogP contribution in [0.15, 0.2) is 12.3 Å². The fourth-order valence-corrected chi connectivity index (χ4v) is 2.51. The van der Waals surface area contributed by atoms with Crippen molar-refractivity contribution in [3.63, 3.8) is 0 Å². The minimum absolute atomic E-state index is 0.174. The summed E-state index contributed by atoms with van der Waals surface area (Å²) < 4.78 is 26.1. The van der Waals surface area contributed by atoms with Gasteiger partial charge in [0.15, 0.2) is 11.6 Å². The summed E-state index contributed by atoms with van der Waals surface area (Å²) in [6.07, 6.45) is 6.72. The highest BCUT2D eigenvalue weighted by atomic mass is 19.1. The number of hydrogen-bond acceptors (Lipinski definition) is 2. The molecule has 1 heterocycles. The second-order valence-electron chi connectivity index (χ2n) is 4.77. The first kappa shape index (κ1) is 12.3. The monoisotopic (exact) mass is 240 g/mol. The van der Waals surface area contributed by atoms with Crippen molar-refractivity contribution in [3.8, 4) is 0 Å². The van der Waals surface area contributed by atoms with Crippen LogP contribution in [0, 0.1) is 17.6 Å². The fraction of sp³-hybridized carbons (Fsp3) is 0.615. The second-order valence-corrected chi connectivity index (χ2v) is 4.77. The van der Waals surface area contributed by atoms with Crippen molar-refractivity contribution in [3.05, 3.63) is 23.9 Å². The van der Waals surface area contributed by atoms with E-state index in [2.05, 4.69) is 17.2 Å². The van der Waals surface area contributed by atoms with Crippen LogP contribution in [-0.2, 0) is 0 Å². The third-order valence-corrected chi connectivity index (χ3v) is 3.51. The largest absolute Gasteiger partial charge is 0.365 e. The maximum atomic E-state index is 13.4. The summed E-state index contributed by atoms with van der Waals surface area (Å²) in [5.41, 5.74) is 0. The standard InChI is InChI=1S/C13H18F2N2/c1-2-9-4-3-5-11(6-9)17-13-12(15)7-10(14)8-16-13/h7-9,11H,2-6H2,1H3,(H,16,17). The molecule has 2 atom stereocenters. The molecule has 1 aromatic rings. The molecule has 1 aliphatic carbocycles. The fourth-order valence-electron chi connectivity index (χ4n) is 2.51. The summed E-state index contributed by atoms with van der Waals surface area (Å²) in [7, 11) is 0. The van der Waals surface area contributed by atoms with Crippen molar-refractivity contribution in [1.29, 1.82) is 0 Å². The zero-order valence-electron chi connectivity index (χ0n) is 10.0. The van der Waals surface area contributed by atoms with Gasteiger partial charge in [-0.2, -0.15) is 0 Å². The van der Waals surface area contributed by atoms with Crippen LogP contribution in [-0.4, -0.2) is 11.0 Å². The highest BCUT2D eigenvalue weighted by Gasteiger charge is 2.21. The molecule has 1 N–H and O–H groups in total. The van der Waals surface area contributed by atoms with E-state index in [-0.39, 0.29) is 11.9 Å². The molecule has 0 bridgehead atoms. The minimum atomic E-state index is -0.636. The van der Waals surface area contributed by atoms with Crippen molar-refractivity contribution in [2.75, 3.05) is 5.32 Å². The number of halogens is 2. The van der Waals surface area contributed by atoms with Crippen molar-refractivity contribution >= 4 is 5.82 Å². The first-order valence-electron chi connectivity index (χ1n) is 6.26. The molecule has 94 valence electrons. The Kier molecular flexibility index (Phi) is 3.92. The zero-order chi connectivity index (χ0) is 12.3. The predicted octanol–water partition coefficient (Wildman–Crippen LogP) is 3.74. The Hall–Kier alpha value is -1.19. The first-order valence-corrected chi connectivity index (χ1v) is 6.26. The van der Waals surface area contributed by atoms with E-state index in [1.807, 2.05) is 0 Å². The molecule has 1 fully saturated rings. The summed E-state index contributed by atoms with van der Waals surface area (Å²) >= 11 is 0. The maximum absolute atomic E-state index is 13.4. The Morgan fingerprint density at radius 2 is 2.24 bits per heavy atom. The predicted molar refractivity (Wildman–Crippen MR) is 63.8 cm³/mol. The van der Waals surface area contributed by atoms with E-state index >= 15 is 0 Å². The molecule has 0 aromatic carbocycles. The van der Waals surface area contributed by atoms with E-state index in [4.69, 9.17) is 0 Å². The van der Waals surface area contributed by atoms with Crippen LogP contribution >= 0.6 is 0 Å². The number of aromatic nitrogens is 1. The van der Waals surface area contributed by atoms with Gasteiger partial charge in [0.2, 0.25) is 0 Å². The molecule has 2 rings (SSSR count). The Morgan fingerprint density at radius 3 is 2.94 bits per heavy atom. The molecule has 17 heavy (non-hydrogen) atoms. The van der Waals surface area contributed by atoms with Crippen molar-refractivity contribution in [2.24, 2.45) is 5.92 Å². The highest BCUT2D eigenvalue weighted by molar-refractivity contribution is 5.37. The van der Waals surface area contributed by atoms with Gasteiger partial charge >= 0.3 is 0 Å². The lowest BCUT2D eigenvalue weighted by molar-refractivity contribution is 0.326. The van der Waals surface area contributed by atoms with E-state index in [9.17, 15) is 8.78 Å². The van der Waals surface area contributed by atoms with Gasteiger partial charge in [0.1, 0.15) is 5.82 Å². The number of nitrogens with zero attached hydrogens (tertiary/aromatic N) is 1. The van der Waals surface area contributed by atoms with Crippen LogP contribution in [0.1, 0.15) is 39.0 Å². The normalized spacial score (nSPS) is 24.6. The Balaban J connectivity index is 2.00. The van der Waals surface area contributed by atoms with E-state index in [0.717, 1.165) is 31.5 Å². The van der Waals surface area contributed by atoms with Crippen LogP contribution in [0.3, 0.4) is 0 Å². The van der Waals surface area contributed by atoms with Gasteiger partial charge in [-0.1, -0.05) is 26.2 Å². The Morgan fingerprint density at radius 1 is 1.41 bits per heavy atom. The number of anilines is 1. The molecule has 0 amide bonds. The summed E-state index contributed by atoms with van der Waals surface area (Å²) in [4.78, 5) is 3.76. The van der Waals surface area contributed by atoms with Crippen molar-refractivity contribution < 1.29 is 8.78 Å². The Bertz CT molecular complexity index is 382. The SMILES string of the molecule is CCC1CCCC(Nc2ncc(F)cc2F)C1. The van der Waals surface area contributed by atoms with Gasteiger partial charge < -0.3 is 5.32 Å². The zero-order valence-corrected chi connectivity index (χ0v) is 10.0. The number of hydrogen-bond donors (Lipinski definition) is 1. The summed E-state index contributed by atoms with van der Waals surface area (Å²) in [5, 5.41) is 3.09. The molecule has 1 saturated carbocycles. The van der Waals surface area contributed by atoms with Crippen LogP contribution in [0.5, 0.6) is 0 Å². The third kappa shape index (κ3) is 3.14. The van der Waals surface area contributed by atoms with Crippen LogP contribution < -0.4 is 5.32 Å². The molecule has 2 unspecified atom stereocenters. The van der Waals surface area contributed by atoms with Crippen LogP contribution in [0.4, 0.5) is 14.6 Å². The molecular formula is C13H18F2N2. The Labute approximate surface area is 100 Å². The van der Waals surface area contributed by atoms with Gasteiger partial charge in [-0.05, 0) is 18.8 Å². The van der Waals surface area contributed by atoms with Gasteiger partial charge in [0.05, 0.1) is 6.20 Å². The number of nitrogens with one attached hydrogen (secondary N) is 1. The maximum Gasteiger partial charge on any atom is 0.168 e. The highest BCUT2D eigenvalue weighted by Crippen LogP contribution is 2.28. The van der Waals surface area contributed by atoms with E-state index in [1.54, 1.807) is 0 Å². The number of pyridine rings is 1. The lowest BCUT2D eigenvalue weighted by Gasteiger charge is -2.29. The molecular weight excluding hydrogens is 222 g/mol.